The van der Waals surface area contributed by atoms with Crippen molar-refractivity contribution in [2.24, 2.45) is 0 Å². The molecular weight excluding hydrogens is 723 g/mol. The first kappa shape index (κ1) is 38.9. The Morgan fingerprint density at radius 1 is 0.618 bits per heavy atom. The Hall–Kier alpha value is -7.32. The van der Waals surface area contributed by atoms with Crippen LogP contribution in [0.1, 0.15) is 33.3 Å². The molecule has 0 aliphatic carbocycles. The number of alkyl halides is 3. The molecule has 7 rings (SSSR count). The number of fused-ring (bicyclic) bond motifs is 3. The minimum Gasteiger partial charge on any atom is -0.345 e. The fourth-order valence-corrected chi connectivity index (χ4v) is 4.59. The van der Waals surface area contributed by atoms with Gasteiger partial charge in [0.05, 0.1) is 29.8 Å². The van der Waals surface area contributed by atoms with Crippen molar-refractivity contribution in [3.8, 4) is 0 Å². The molecule has 0 saturated heterocycles. The molecule has 7 aromatic rings. The van der Waals surface area contributed by atoms with Crippen LogP contribution < -0.4 is 31.9 Å². The Bertz CT molecular complexity index is 2400. The molecule has 0 unspecified atom stereocenters. The number of para-hydroxylation sites is 1. The standard InChI is InChI=1S/C14H10F3N5O.C11H15N5O.C9H11N5O/c15-14(16,17)8-3-1-2-4-9(8)21-13(23)22-11-7-19-12-10(20-11)5-6-18-12;1-11(2,3)16-10(17)15-8-6-13-9-7(14-8)4-5-12-9;1-2-10-9(15)14-7-5-12-8-6(13-7)3-4-11-8/h1-7H,(H,18,19)(H2,20,21,22,23);4-6H,1-3H3,(H,12,13)(H2,14,15,16,17);3-5H,2H2,1H3,(H,11,12)(H2,10,13,14,15). The van der Waals surface area contributed by atoms with Crippen LogP contribution in [-0.2, 0) is 6.18 Å². The number of hydrogen-bond donors (Lipinski definition) is 9. The fraction of sp³-hybridized carbons (Fsp3) is 0.206. The molecular formula is C34H36F3N15O3. The summed E-state index contributed by atoms with van der Waals surface area (Å²) in [7, 11) is 0. The van der Waals surface area contributed by atoms with Gasteiger partial charge in [0.25, 0.3) is 0 Å². The van der Waals surface area contributed by atoms with Crippen molar-refractivity contribution in [1.29, 1.82) is 0 Å². The number of H-pyrrole nitrogens is 3. The van der Waals surface area contributed by atoms with Gasteiger partial charge in [-0.1, -0.05) is 12.1 Å². The molecule has 0 atom stereocenters. The quantitative estimate of drug-likeness (QED) is 0.0916. The van der Waals surface area contributed by atoms with E-state index in [0.29, 0.717) is 40.6 Å². The molecule has 18 nitrogen and oxygen atoms in total. The van der Waals surface area contributed by atoms with Gasteiger partial charge < -0.3 is 30.9 Å². The number of carbonyl (C=O) groups is 3. The molecule has 0 bridgehead atoms. The molecule has 0 radical (unpaired) electrons. The van der Waals surface area contributed by atoms with E-state index in [-0.39, 0.29) is 29.1 Å². The molecule has 6 amide bonds. The van der Waals surface area contributed by atoms with E-state index in [4.69, 9.17) is 0 Å². The lowest BCUT2D eigenvalue weighted by molar-refractivity contribution is -0.136. The van der Waals surface area contributed by atoms with Crippen LogP contribution in [0.25, 0.3) is 33.5 Å². The Morgan fingerprint density at radius 3 is 1.49 bits per heavy atom. The maximum absolute atomic E-state index is 12.9. The second kappa shape index (κ2) is 17.0. The van der Waals surface area contributed by atoms with E-state index >= 15 is 0 Å². The third-order valence-corrected chi connectivity index (χ3v) is 6.81. The van der Waals surface area contributed by atoms with Crippen molar-refractivity contribution in [3.05, 3.63) is 85.2 Å². The highest BCUT2D eigenvalue weighted by Crippen LogP contribution is 2.34. The van der Waals surface area contributed by atoms with E-state index in [1.54, 1.807) is 36.8 Å². The van der Waals surface area contributed by atoms with Gasteiger partial charge in [0, 0.05) is 30.7 Å². The lowest BCUT2D eigenvalue weighted by atomic mass is 10.1. The summed E-state index contributed by atoms with van der Waals surface area (Å²) in [6.45, 7) is 8.15. The average molecular weight is 760 g/mol. The third kappa shape index (κ3) is 11.3. The van der Waals surface area contributed by atoms with Crippen molar-refractivity contribution in [2.45, 2.75) is 39.4 Å². The second-order valence-corrected chi connectivity index (χ2v) is 12.3. The zero-order chi connectivity index (χ0) is 39.6. The van der Waals surface area contributed by atoms with Gasteiger partial charge in [0.15, 0.2) is 34.4 Å². The normalized spacial score (nSPS) is 11.1. The van der Waals surface area contributed by atoms with E-state index in [1.807, 2.05) is 27.7 Å². The molecule has 21 heteroatoms. The van der Waals surface area contributed by atoms with E-state index in [0.717, 1.165) is 17.1 Å². The Morgan fingerprint density at radius 2 is 1.05 bits per heavy atom. The van der Waals surface area contributed by atoms with Crippen molar-refractivity contribution >= 4 is 74.7 Å². The van der Waals surface area contributed by atoms with Gasteiger partial charge in [-0.25, -0.2) is 44.3 Å². The summed E-state index contributed by atoms with van der Waals surface area (Å²) in [5.41, 5.74) is 2.37. The van der Waals surface area contributed by atoms with Crippen molar-refractivity contribution in [3.63, 3.8) is 0 Å². The number of urea groups is 3. The average Bonchev–Trinajstić information content (AvgIpc) is 3.89. The SMILES string of the molecule is CC(C)(C)NC(=O)Nc1cnc2[nH]ccc2n1.CCNC(=O)Nc1cnc2[nH]ccc2n1.O=C(Nc1cnc2[nH]ccc2n1)Nc1ccccc1C(F)(F)F. The number of aromatic nitrogens is 9. The predicted octanol–water partition coefficient (Wildman–Crippen LogP) is 6.60. The molecule has 6 heterocycles. The molecule has 0 aliphatic heterocycles. The summed E-state index contributed by atoms with van der Waals surface area (Å²) < 4.78 is 38.6. The van der Waals surface area contributed by atoms with Gasteiger partial charge in [0.2, 0.25) is 0 Å². The van der Waals surface area contributed by atoms with Crippen LogP contribution in [-0.4, -0.2) is 75.0 Å². The summed E-state index contributed by atoms with van der Waals surface area (Å²) in [6, 6.07) is 8.55. The maximum Gasteiger partial charge on any atom is 0.418 e. The highest BCUT2D eigenvalue weighted by Gasteiger charge is 2.33. The molecule has 286 valence electrons. The monoisotopic (exact) mass is 759 g/mol. The first-order valence-corrected chi connectivity index (χ1v) is 16.5. The van der Waals surface area contributed by atoms with Crippen LogP contribution >= 0.6 is 0 Å². The number of aromatic amines is 3. The molecule has 1 aromatic carbocycles. The molecule has 0 fully saturated rings. The first-order chi connectivity index (χ1) is 26.2. The van der Waals surface area contributed by atoms with Gasteiger partial charge in [-0.05, 0) is 58.0 Å². The van der Waals surface area contributed by atoms with Gasteiger partial charge in [-0.15, -0.1) is 0 Å². The summed E-state index contributed by atoms with van der Waals surface area (Å²) in [5.74, 6) is 0.992. The Balaban J connectivity index is 0.000000163. The van der Waals surface area contributed by atoms with Gasteiger partial charge >= 0.3 is 24.3 Å². The summed E-state index contributed by atoms with van der Waals surface area (Å²) in [4.78, 5) is 68.1. The summed E-state index contributed by atoms with van der Waals surface area (Å²) >= 11 is 0. The van der Waals surface area contributed by atoms with Crippen LogP contribution in [0.3, 0.4) is 0 Å². The largest absolute Gasteiger partial charge is 0.418 e. The number of rotatable bonds is 5. The summed E-state index contributed by atoms with van der Waals surface area (Å²) in [5, 5.41) is 15.1. The number of amides is 6. The second-order valence-electron chi connectivity index (χ2n) is 12.3. The number of benzene rings is 1. The maximum atomic E-state index is 12.9. The van der Waals surface area contributed by atoms with Gasteiger partial charge in [0.1, 0.15) is 16.6 Å². The van der Waals surface area contributed by atoms with Crippen molar-refractivity contribution in [2.75, 3.05) is 27.8 Å². The molecule has 0 saturated carbocycles. The smallest absolute Gasteiger partial charge is 0.345 e. The number of carbonyl (C=O) groups excluding carboxylic acids is 3. The van der Waals surface area contributed by atoms with Crippen LogP contribution in [0.15, 0.2) is 79.6 Å². The molecule has 55 heavy (non-hydrogen) atoms. The zero-order valence-corrected chi connectivity index (χ0v) is 29.8. The van der Waals surface area contributed by atoms with E-state index in [9.17, 15) is 27.6 Å². The minimum atomic E-state index is -4.56. The fourth-order valence-electron chi connectivity index (χ4n) is 4.59. The third-order valence-electron chi connectivity index (χ3n) is 6.81. The summed E-state index contributed by atoms with van der Waals surface area (Å²) in [6.07, 6.45) is 4.90. The minimum absolute atomic E-state index is 0.124. The lowest BCUT2D eigenvalue weighted by Gasteiger charge is -2.20. The highest BCUT2D eigenvalue weighted by atomic mass is 19.4. The zero-order valence-electron chi connectivity index (χ0n) is 29.8. The highest BCUT2D eigenvalue weighted by molar-refractivity contribution is 6.00. The Labute approximate surface area is 310 Å². The number of anilines is 4. The number of halogens is 3. The molecule has 0 aliphatic rings. The van der Waals surface area contributed by atoms with Crippen molar-refractivity contribution in [1.82, 2.24) is 55.5 Å². The van der Waals surface area contributed by atoms with E-state index in [2.05, 4.69) is 76.8 Å². The topological polar surface area (TPSA) is 248 Å². The van der Waals surface area contributed by atoms with Crippen molar-refractivity contribution < 1.29 is 27.6 Å². The van der Waals surface area contributed by atoms with E-state index in [1.165, 1.54) is 36.8 Å². The number of hydrogen-bond acceptors (Lipinski definition) is 9. The number of nitrogens with zero attached hydrogens (tertiary/aromatic N) is 6. The Kier molecular flexibility index (Phi) is 12.0. The molecule has 0 spiro atoms. The first-order valence-electron chi connectivity index (χ1n) is 16.5. The predicted molar refractivity (Wildman–Crippen MR) is 200 cm³/mol. The molecule has 6 aromatic heterocycles. The van der Waals surface area contributed by atoms with Crippen LogP contribution in [0.2, 0.25) is 0 Å². The number of nitrogens with one attached hydrogen (secondary N) is 9. The van der Waals surface area contributed by atoms with Crippen LogP contribution in [0.4, 0.5) is 50.7 Å². The lowest BCUT2D eigenvalue weighted by Crippen LogP contribution is -2.43. The van der Waals surface area contributed by atoms with Gasteiger partial charge in [-0.3, -0.25) is 16.0 Å². The van der Waals surface area contributed by atoms with Gasteiger partial charge in [-0.2, -0.15) is 13.2 Å². The molecule has 9 N–H and O–H groups in total. The van der Waals surface area contributed by atoms with Crippen LogP contribution in [0.5, 0.6) is 0 Å². The van der Waals surface area contributed by atoms with Crippen LogP contribution in [0, 0.1) is 0 Å². The van der Waals surface area contributed by atoms with E-state index < -0.39 is 17.8 Å².